The molecule has 2 aromatic carbocycles. The highest BCUT2D eigenvalue weighted by Crippen LogP contribution is 2.24. The van der Waals surface area contributed by atoms with Crippen molar-refractivity contribution in [1.29, 1.82) is 0 Å². The highest BCUT2D eigenvalue weighted by molar-refractivity contribution is 5.74. The van der Waals surface area contributed by atoms with Crippen LogP contribution in [0.5, 0.6) is 11.5 Å². The van der Waals surface area contributed by atoms with Crippen LogP contribution in [0, 0.1) is 0 Å². The van der Waals surface area contributed by atoms with Crippen LogP contribution in [0.4, 0.5) is 5.69 Å². The second-order valence-corrected chi connectivity index (χ2v) is 4.93. The normalized spacial score (nSPS) is 15.3. The lowest BCUT2D eigenvalue weighted by Crippen LogP contribution is -2.48. The number of carbonyl (C=O) groups excluding carboxylic acids is 1. The first-order valence-corrected chi connectivity index (χ1v) is 7.27. The molecule has 5 nitrogen and oxygen atoms in total. The van der Waals surface area contributed by atoms with Crippen LogP contribution in [0.1, 0.15) is 0 Å². The zero-order chi connectivity index (χ0) is 15.2. The van der Waals surface area contributed by atoms with Gasteiger partial charge in [0.1, 0.15) is 11.5 Å². The largest absolute Gasteiger partial charge is 0.457 e. The summed E-state index contributed by atoms with van der Waals surface area (Å²) >= 11 is 0. The van der Waals surface area contributed by atoms with Crippen LogP contribution >= 0.6 is 0 Å². The Morgan fingerprint density at radius 1 is 0.955 bits per heavy atom. The molecule has 0 unspecified atom stereocenters. The van der Waals surface area contributed by atoms with Crippen LogP contribution in [-0.4, -0.2) is 37.7 Å². The van der Waals surface area contributed by atoms with Gasteiger partial charge in [0, 0.05) is 13.1 Å². The fraction of sp³-hybridized carbons (Fsp3) is 0.235. The minimum Gasteiger partial charge on any atom is -0.457 e. The number of hydrogen-bond acceptors (Lipinski definition) is 4. The molecule has 1 saturated heterocycles. The first-order valence-electron chi connectivity index (χ1n) is 7.27. The highest BCUT2D eigenvalue weighted by Gasteiger charge is 2.18. The second kappa shape index (κ2) is 7.06. The van der Waals surface area contributed by atoms with E-state index in [1.807, 2.05) is 59.6 Å². The summed E-state index contributed by atoms with van der Waals surface area (Å²) < 4.78 is 11.1. The summed E-state index contributed by atoms with van der Waals surface area (Å²) in [6.45, 7) is 2.70. The molecule has 0 saturated carbocycles. The Hall–Kier alpha value is -2.37. The number of benzene rings is 2. The Kier molecular flexibility index (Phi) is 4.68. The van der Waals surface area contributed by atoms with E-state index in [4.69, 9.17) is 9.47 Å². The number of nitrogens with zero attached hydrogens (tertiary/aromatic N) is 2. The van der Waals surface area contributed by atoms with Crippen molar-refractivity contribution in [2.24, 2.45) is 0 Å². The summed E-state index contributed by atoms with van der Waals surface area (Å²) in [6, 6.07) is 17.1. The number of hydrogen-bond donors (Lipinski definition) is 0. The fourth-order valence-corrected chi connectivity index (χ4v) is 2.35. The summed E-state index contributed by atoms with van der Waals surface area (Å²) in [5.41, 5.74) is 0.817. The van der Waals surface area contributed by atoms with E-state index in [9.17, 15) is 4.79 Å². The van der Waals surface area contributed by atoms with E-state index in [1.54, 1.807) is 5.01 Å². The van der Waals surface area contributed by atoms with Crippen molar-refractivity contribution in [3.63, 3.8) is 0 Å². The molecule has 0 bridgehead atoms. The monoisotopic (exact) mass is 298 g/mol. The van der Waals surface area contributed by atoms with Gasteiger partial charge in [-0.1, -0.05) is 18.2 Å². The van der Waals surface area contributed by atoms with Gasteiger partial charge in [-0.2, -0.15) is 0 Å². The molecule has 5 heteroatoms. The van der Waals surface area contributed by atoms with Crippen molar-refractivity contribution in [1.82, 2.24) is 5.01 Å². The summed E-state index contributed by atoms with van der Waals surface area (Å²) in [7, 11) is 0. The molecule has 0 atom stereocenters. The maximum atomic E-state index is 11.4. The number of amides is 1. The topological polar surface area (TPSA) is 42.0 Å². The first kappa shape index (κ1) is 14.6. The van der Waals surface area contributed by atoms with Crippen LogP contribution in [0.2, 0.25) is 0 Å². The predicted molar refractivity (Wildman–Crippen MR) is 83.9 cm³/mol. The Bertz CT molecular complexity index is 595. The lowest BCUT2D eigenvalue weighted by molar-refractivity contribution is -0.111. The van der Waals surface area contributed by atoms with E-state index in [0.717, 1.165) is 23.6 Å². The molecule has 1 heterocycles. The number of morpholine rings is 1. The summed E-state index contributed by atoms with van der Waals surface area (Å²) in [6.07, 6.45) is 0.832. The molecule has 0 N–H and O–H groups in total. The predicted octanol–water partition coefficient (Wildman–Crippen LogP) is 2.69. The summed E-state index contributed by atoms with van der Waals surface area (Å²) in [4.78, 5) is 11.4. The lowest BCUT2D eigenvalue weighted by Gasteiger charge is -2.34. The third kappa shape index (κ3) is 3.44. The van der Waals surface area contributed by atoms with Crippen LogP contribution in [0.25, 0.3) is 0 Å². The number of para-hydroxylation sites is 1. The standard InChI is InChI=1S/C17H18N2O3/c20-14-19(18-10-12-21-13-11-18)15-6-8-17(9-7-15)22-16-4-2-1-3-5-16/h1-9,14H,10-13H2. The molecule has 0 aromatic heterocycles. The summed E-state index contributed by atoms with van der Waals surface area (Å²) in [5.74, 6) is 1.53. The van der Waals surface area contributed by atoms with Crippen molar-refractivity contribution in [2.75, 3.05) is 31.3 Å². The molecule has 1 aliphatic rings. The molecular formula is C17H18N2O3. The SMILES string of the molecule is O=CN(c1ccc(Oc2ccccc2)cc1)N1CCOCC1. The van der Waals surface area contributed by atoms with Gasteiger partial charge in [-0.05, 0) is 36.4 Å². The van der Waals surface area contributed by atoms with Gasteiger partial charge >= 0.3 is 0 Å². The maximum absolute atomic E-state index is 11.4. The molecule has 0 aliphatic carbocycles. The number of carbonyl (C=O) groups is 1. The van der Waals surface area contributed by atoms with Crippen molar-refractivity contribution >= 4 is 12.1 Å². The van der Waals surface area contributed by atoms with Crippen LogP contribution in [0.15, 0.2) is 54.6 Å². The Balaban J connectivity index is 1.71. The third-order valence-corrected chi connectivity index (χ3v) is 3.47. The molecule has 3 rings (SSSR count). The van der Waals surface area contributed by atoms with E-state index < -0.39 is 0 Å². The highest BCUT2D eigenvalue weighted by atomic mass is 16.5. The van der Waals surface area contributed by atoms with E-state index in [2.05, 4.69) is 0 Å². The van der Waals surface area contributed by atoms with Crippen molar-refractivity contribution in [2.45, 2.75) is 0 Å². The van der Waals surface area contributed by atoms with Gasteiger partial charge in [0.15, 0.2) is 0 Å². The second-order valence-electron chi connectivity index (χ2n) is 4.93. The average Bonchev–Trinajstić information content (AvgIpc) is 2.59. The van der Waals surface area contributed by atoms with E-state index in [0.29, 0.717) is 26.3 Å². The molecule has 0 radical (unpaired) electrons. The van der Waals surface area contributed by atoms with E-state index in [1.165, 1.54) is 0 Å². The maximum Gasteiger partial charge on any atom is 0.228 e. The minimum atomic E-state index is 0.638. The Labute approximate surface area is 129 Å². The molecule has 22 heavy (non-hydrogen) atoms. The van der Waals surface area contributed by atoms with E-state index in [-0.39, 0.29) is 0 Å². The quantitative estimate of drug-likeness (QED) is 0.796. The average molecular weight is 298 g/mol. The molecule has 1 amide bonds. The van der Waals surface area contributed by atoms with Crippen molar-refractivity contribution < 1.29 is 14.3 Å². The molecule has 114 valence electrons. The minimum absolute atomic E-state index is 0.638. The van der Waals surface area contributed by atoms with Crippen LogP contribution in [-0.2, 0) is 9.53 Å². The van der Waals surface area contributed by atoms with Gasteiger partial charge < -0.3 is 9.47 Å². The fourth-order valence-electron chi connectivity index (χ4n) is 2.35. The molecule has 1 aliphatic heterocycles. The van der Waals surface area contributed by atoms with Crippen LogP contribution < -0.4 is 9.75 Å². The molecule has 0 spiro atoms. The number of hydrazine groups is 1. The summed E-state index contributed by atoms with van der Waals surface area (Å²) in [5, 5.41) is 3.60. The number of anilines is 1. The van der Waals surface area contributed by atoms with Gasteiger partial charge in [0.25, 0.3) is 0 Å². The first-order chi connectivity index (χ1) is 10.9. The Morgan fingerprint density at radius 2 is 1.59 bits per heavy atom. The third-order valence-electron chi connectivity index (χ3n) is 3.47. The zero-order valence-electron chi connectivity index (χ0n) is 12.2. The molecule has 2 aromatic rings. The van der Waals surface area contributed by atoms with Gasteiger partial charge in [-0.25, -0.2) is 10.0 Å². The number of rotatable bonds is 5. The van der Waals surface area contributed by atoms with Gasteiger partial charge in [-0.3, -0.25) is 4.79 Å². The molecule has 1 fully saturated rings. The van der Waals surface area contributed by atoms with Crippen molar-refractivity contribution in [3.05, 3.63) is 54.6 Å². The zero-order valence-corrected chi connectivity index (χ0v) is 12.2. The van der Waals surface area contributed by atoms with Gasteiger partial charge in [0.05, 0.1) is 18.9 Å². The van der Waals surface area contributed by atoms with Crippen molar-refractivity contribution in [3.8, 4) is 11.5 Å². The van der Waals surface area contributed by atoms with Crippen LogP contribution in [0.3, 0.4) is 0 Å². The smallest absolute Gasteiger partial charge is 0.228 e. The molecular weight excluding hydrogens is 280 g/mol. The van der Waals surface area contributed by atoms with Gasteiger partial charge in [-0.15, -0.1) is 0 Å². The lowest BCUT2D eigenvalue weighted by atomic mass is 10.3. The van der Waals surface area contributed by atoms with E-state index >= 15 is 0 Å². The Morgan fingerprint density at radius 3 is 2.23 bits per heavy atom. The van der Waals surface area contributed by atoms with Gasteiger partial charge in [0.2, 0.25) is 6.41 Å². The number of ether oxygens (including phenoxy) is 2.